The number of benzene rings is 2. The van der Waals surface area contributed by atoms with E-state index in [-0.39, 0.29) is 11.8 Å². The van der Waals surface area contributed by atoms with E-state index in [4.69, 9.17) is 14.2 Å². The topological polar surface area (TPSA) is 71.6 Å². The van der Waals surface area contributed by atoms with Crippen LogP contribution >= 0.6 is 11.3 Å². The lowest BCUT2D eigenvalue weighted by Gasteiger charge is -2.43. The molecule has 0 radical (unpaired) electrons. The molecule has 0 unspecified atom stereocenters. The summed E-state index contributed by atoms with van der Waals surface area (Å²) in [5.74, 6) is 1.10. The molecule has 0 spiro atoms. The van der Waals surface area contributed by atoms with Gasteiger partial charge in [-0.2, -0.15) is 0 Å². The number of fused-ring (bicyclic) bond motifs is 1. The van der Waals surface area contributed by atoms with E-state index in [1.54, 1.807) is 56.7 Å². The van der Waals surface area contributed by atoms with E-state index < -0.39 is 12.0 Å². The zero-order valence-electron chi connectivity index (χ0n) is 21.5. The van der Waals surface area contributed by atoms with Gasteiger partial charge in [0.2, 0.25) is 5.91 Å². The third kappa shape index (κ3) is 4.37. The van der Waals surface area contributed by atoms with Gasteiger partial charge < -0.3 is 28.9 Å². The molecule has 8 nitrogen and oxygen atoms in total. The molecule has 0 N–H and O–H groups in total. The third-order valence-electron chi connectivity index (χ3n) is 7.29. The average molecular weight is 522 g/mol. The Bertz CT molecular complexity index is 1290. The Labute approximate surface area is 220 Å². The maximum atomic E-state index is 14.3. The van der Waals surface area contributed by atoms with Gasteiger partial charge in [-0.1, -0.05) is 18.2 Å². The Morgan fingerprint density at radius 1 is 0.892 bits per heavy atom. The fraction of sp³-hybridized carbons (Fsp3) is 0.357. The largest absolute Gasteiger partial charge is 0.495 e. The monoisotopic (exact) mass is 521 g/mol. The van der Waals surface area contributed by atoms with Crippen molar-refractivity contribution < 1.29 is 23.8 Å². The first kappa shape index (κ1) is 25.0. The van der Waals surface area contributed by atoms with Crippen molar-refractivity contribution in [2.45, 2.75) is 12.0 Å². The minimum Gasteiger partial charge on any atom is -0.495 e. The lowest BCUT2D eigenvalue weighted by molar-refractivity contribution is -0.134. The second kappa shape index (κ2) is 10.3. The first-order chi connectivity index (χ1) is 18.0. The number of hydrogen-bond donors (Lipinski definition) is 0. The van der Waals surface area contributed by atoms with Crippen molar-refractivity contribution in [2.24, 2.45) is 0 Å². The Morgan fingerprint density at radius 2 is 1.57 bits per heavy atom. The maximum absolute atomic E-state index is 14.3. The summed E-state index contributed by atoms with van der Waals surface area (Å²) in [7, 11) is 6.54. The van der Waals surface area contributed by atoms with Crippen LogP contribution in [0.15, 0.2) is 53.9 Å². The van der Waals surface area contributed by atoms with Gasteiger partial charge in [0.25, 0.3) is 5.91 Å². The predicted octanol–water partition coefficient (Wildman–Crippen LogP) is 4.03. The smallest absolute Gasteiger partial charge is 0.254 e. The average Bonchev–Trinajstić information content (AvgIpc) is 3.48. The van der Waals surface area contributed by atoms with Crippen LogP contribution in [0.4, 0.5) is 5.69 Å². The highest BCUT2D eigenvalue weighted by Gasteiger charge is 2.45. The number of hydrogen-bond acceptors (Lipinski definition) is 7. The summed E-state index contributed by atoms with van der Waals surface area (Å²) in [5, 5.41) is 1.98. The predicted molar refractivity (Wildman–Crippen MR) is 143 cm³/mol. The Morgan fingerprint density at radius 3 is 2.22 bits per heavy atom. The third-order valence-corrected chi connectivity index (χ3v) is 8.24. The molecule has 0 aliphatic carbocycles. The lowest BCUT2D eigenvalue weighted by atomic mass is 9.81. The first-order valence-corrected chi connectivity index (χ1v) is 13.1. The number of methoxy groups -OCH3 is 3. The lowest BCUT2D eigenvalue weighted by Crippen LogP contribution is -2.53. The molecular formula is C28H31N3O5S. The van der Waals surface area contributed by atoms with Gasteiger partial charge in [-0.25, -0.2) is 0 Å². The van der Waals surface area contributed by atoms with Crippen molar-refractivity contribution >= 4 is 28.8 Å². The molecule has 3 heterocycles. The molecule has 2 aliphatic rings. The van der Waals surface area contributed by atoms with Crippen LogP contribution in [0.2, 0.25) is 0 Å². The summed E-state index contributed by atoms with van der Waals surface area (Å²) in [4.78, 5) is 34.6. The molecule has 37 heavy (non-hydrogen) atoms. The maximum Gasteiger partial charge on any atom is 0.254 e. The molecule has 2 aromatic carbocycles. The fourth-order valence-corrected chi connectivity index (χ4v) is 6.29. The van der Waals surface area contributed by atoms with Crippen molar-refractivity contribution in [2.75, 3.05) is 59.5 Å². The van der Waals surface area contributed by atoms with E-state index in [1.807, 2.05) is 46.7 Å². The number of carbonyl (C=O) groups is 2. The van der Waals surface area contributed by atoms with Crippen molar-refractivity contribution in [3.8, 4) is 17.2 Å². The molecule has 0 bridgehead atoms. The van der Waals surface area contributed by atoms with Gasteiger partial charge in [0.05, 0.1) is 39.0 Å². The van der Waals surface area contributed by atoms with Gasteiger partial charge in [0.1, 0.15) is 5.75 Å². The number of rotatable bonds is 6. The number of anilines is 1. The molecule has 2 aliphatic heterocycles. The number of carbonyl (C=O) groups excluding carboxylic acids is 2. The molecule has 194 valence electrons. The fourth-order valence-electron chi connectivity index (χ4n) is 5.39. The SMILES string of the molecule is COc1cc2c(cc1OC)[C@H](C(=O)N1CCN(c3ccccc3OC)CC1)[C@H](c1cccs1)N(C)C2=O. The second-order valence-electron chi connectivity index (χ2n) is 9.13. The van der Waals surface area contributed by atoms with Crippen LogP contribution in [0.25, 0.3) is 0 Å². The summed E-state index contributed by atoms with van der Waals surface area (Å²) < 4.78 is 16.6. The highest BCUT2D eigenvalue weighted by molar-refractivity contribution is 7.10. The number of piperazine rings is 1. The molecule has 1 fully saturated rings. The standard InChI is InChI=1S/C28H31N3O5S/c1-29-26(24-10-7-15-37-24)25(18-16-22(35-3)23(36-4)17-19(18)27(29)32)28(33)31-13-11-30(12-14-31)20-8-5-6-9-21(20)34-2/h5-10,15-17,25-26H,11-14H2,1-4H3/t25-,26-/m0/s1. The molecule has 5 rings (SSSR count). The quantitative estimate of drug-likeness (QED) is 0.488. The zero-order chi connectivity index (χ0) is 26.1. The van der Waals surface area contributed by atoms with Gasteiger partial charge in [-0.05, 0) is 41.3 Å². The first-order valence-electron chi connectivity index (χ1n) is 12.2. The van der Waals surface area contributed by atoms with E-state index in [0.29, 0.717) is 48.8 Å². The van der Waals surface area contributed by atoms with Crippen molar-refractivity contribution in [1.29, 1.82) is 0 Å². The van der Waals surface area contributed by atoms with Gasteiger partial charge in [0, 0.05) is 43.7 Å². The highest BCUT2D eigenvalue weighted by atomic mass is 32.1. The molecule has 1 saturated heterocycles. The van der Waals surface area contributed by atoms with E-state index in [9.17, 15) is 9.59 Å². The van der Waals surface area contributed by atoms with Crippen molar-refractivity contribution in [1.82, 2.24) is 9.80 Å². The van der Waals surface area contributed by atoms with E-state index in [2.05, 4.69) is 4.90 Å². The van der Waals surface area contributed by atoms with Crippen LogP contribution in [0, 0.1) is 0 Å². The van der Waals surface area contributed by atoms with Gasteiger partial charge >= 0.3 is 0 Å². The highest BCUT2D eigenvalue weighted by Crippen LogP contribution is 2.47. The number of amides is 2. The zero-order valence-corrected chi connectivity index (χ0v) is 22.3. The number of para-hydroxylation sites is 2. The van der Waals surface area contributed by atoms with Crippen LogP contribution in [0.5, 0.6) is 17.2 Å². The van der Waals surface area contributed by atoms with Gasteiger partial charge in [0.15, 0.2) is 11.5 Å². The van der Waals surface area contributed by atoms with Crippen molar-refractivity contribution in [3.63, 3.8) is 0 Å². The Balaban J connectivity index is 1.50. The van der Waals surface area contributed by atoms with Gasteiger partial charge in [-0.3, -0.25) is 9.59 Å². The molecule has 2 amide bonds. The second-order valence-corrected chi connectivity index (χ2v) is 10.1. The van der Waals surface area contributed by atoms with Crippen LogP contribution in [0.3, 0.4) is 0 Å². The van der Waals surface area contributed by atoms with Crippen LogP contribution in [-0.2, 0) is 4.79 Å². The number of nitrogens with zero attached hydrogens (tertiary/aromatic N) is 3. The summed E-state index contributed by atoms with van der Waals surface area (Å²) in [6.45, 7) is 2.53. The summed E-state index contributed by atoms with van der Waals surface area (Å²) in [5.41, 5.74) is 2.18. The normalized spacial score (nSPS) is 19.5. The summed E-state index contributed by atoms with van der Waals surface area (Å²) in [6, 6.07) is 15.0. The van der Waals surface area contributed by atoms with Crippen LogP contribution in [-0.4, -0.2) is 76.2 Å². The summed E-state index contributed by atoms with van der Waals surface area (Å²) >= 11 is 1.55. The molecular weight excluding hydrogens is 490 g/mol. The minimum absolute atomic E-state index is 0.00546. The Kier molecular flexibility index (Phi) is 6.97. The van der Waals surface area contributed by atoms with E-state index in [0.717, 1.165) is 16.3 Å². The molecule has 1 aromatic heterocycles. The number of thiophene rings is 1. The minimum atomic E-state index is -0.561. The van der Waals surface area contributed by atoms with E-state index in [1.165, 1.54) is 0 Å². The molecule has 9 heteroatoms. The molecule has 0 saturated carbocycles. The Hall–Kier alpha value is -3.72. The molecule has 2 atom stereocenters. The van der Waals surface area contributed by atoms with Crippen LogP contribution in [0.1, 0.15) is 32.8 Å². The van der Waals surface area contributed by atoms with Crippen molar-refractivity contribution in [3.05, 3.63) is 69.9 Å². The van der Waals surface area contributed by atoms with Crippen LogP contribution < -0.4 is 19.1 Å². The summed E-state index contributed by atoms with van der Waals surface area (Å²) in [6.07, 6.45) is 0. The number of likely N-dealkylation sites (N-methyl/N-ethyl adjacent to an activating group) is 1. The van der Waals surface area contributed by atoms with Gasteiger partial charge in [-0.15, -0.1) is 11.3 Å². The number of ether oxygens (including phenoxy) is 3. The molecule has 3 aromatic rings. The van der Waals surface area contributed by atoms with E-state index >= 15 is 0 Å².